The highest BCUT2D eigenvalue weighted by Crippen LogP contribution is 2.08. The summed E-state index contributed by atoms with van der Waals surface area (Å²) in [4.78, 5) is 11.5. The molecule has 82 valence electrons. The quantitative estimate of drug-likeness (QED) is 0.771. The van der Waals surface area contributed by atoms with E-state index in [9.17, 15) is 4.79 Å². The van der Waals surface area contributed by atoms with Gasteiger partial charge in [0.25, 0.3) is 0 Å². The van der Waals surface area contributed by atoms with Gasteiger partial charge < -0.3 is 10.1 Å². The maximum Gasteiger partial charge on any atom is 0.328 e. The maximum atomic E-state index is 11.5. The second kappa shape index (κ2) is 5.39. The van der Waals surface area contributed by atoms with Crippen LogP contribution in [0.4, 0.5) is 5.69 Å². The average Bonchev–Trinajstić information content (AvgIpc) is 2.18. The Hall–Kier alpha value is -1.51. The molecule has 0 unspecified atom stereocenters. The van der Waals surface area contributed by atoms with Gasteiger partial charge in [-0.25, -0.2) is 4.79 Å². The van der Waals surface area contributed by atoms with E-state index in [1.807, 2.05) is 44.2 Å². The number of carbonyl (C=O) groups excluding carboxylic acids is 1. The van der Waals surface area contributed by atoms with E-state index in [4.69, 9.17) is 4.74 Å². The van der Waals surface area contributed by atoms with Gasteiger partial charge in [-0.1, -0.05) is 18.2 Å². The highest BCUT2D eigenvalue weighted by Gasteiger charge is 2.14. The number of esters is 1. The molecule has 3 heteroatoms. The molecule has 1 N–H and O–H groups in total. The zero-order chi connectivity index (χ0) is 11.3. The van der Waals surface area contributed by atoms with Crippen LogP contribution in [0, 0.1) is 0 Å². The molecule has 0 saturated carbocycles. The Bertz CT molecular complexity index is 309. The van der Waals surface area contributed by atoms with Crippen LogP contribution < -0.4 is 5.32 Å². The van der Waals surface area contributed by atoms with Gasteiger partial charge in [0.15, 0.2) is 0 Å². The van der Waals surface area contributed by atoms with Crippen molar-refractivity contribution in [2.75, 3.05) is 5.32 Å². The predicted molar refractivity (Wildman–Crippen MR) is 60.8 cm³/mol. The van der Waals surface area contributed by atoms with E-state index in [-0.39, 0.29) is 18.1 Å². The monoisotopic (exact) mass is 207 g/mol. The van der Waals surface area contributed by atoms with Crippen LogP contribution in [0.5, 0.6) is 0 Å². The highest BCUT2D eigenvalue weighted by atomic mass is 16.5. The lowest BCUT2D eigenvalue weighted by Crippen LogP contribution is -2.30. The number of ether oxygens (including phenoxy) is 1. The van der Waals surface area contributed by atoms with Crippen LogP contribution >= 0.6 is 0 Å². The Kier molecular flexibility index (Phi) is 4.16. The molecule has 15 heavy (non-hydrogen) atoms. The summed E-state index contributed by atoms with van der Waals surface area (Å²) in [7, 11) is 0. The van der Waals surface area contributed by atoms with E-state index in [0.29, 0.717) is 0 Å². The van der Waals surface area contributed by atoms with Crippen molar-refractivity contribution in [3.8, 4) is 0 Å². The van der Waals surface area contributed by atoms with E-state index >= 15 is 0 Å². The van der Waals surface area contributed by atoms with E-state index in [2.05, 4.69) is 5.32 Å². The zero-order valence-electron chi connectivity index (χ0n) is 9.36. The summed E-state index contributed by atoms with van der Waals surface area (Å²) in [6.07, 6.45) is -0.0717. The van der Waals surface area contributed by atoms with Crippen LogP contribution in [-0.2, 0) is 9.53 Å². The average molecular weight is 207 g/mol. The maximum absolute atomic E-state index is 11.5. The molecule has 0 aliphatic heterocycles. The van der Waals surface area contributed by atoms with Crippen LogP contribution in [0.2, 0.25) is 0 Å². The topological polar surface area (TPSA) is 38.3 Å². The molecule has 0 radical (unpaired) electrons. The Morgan fingerprint density at radius 2 is 1.80 bits per heavy atom. The van der Waals surface area contributed by atoms with Gasteiger partial charge in [0, 0.05) is 5.69 Å². The molecular formula is C12H17NO2. The Morgan fingerprint density at radius 1 is 1.20 bits per heavy atom. The number of rotatable bonds is 4. The molecule has 0 bridgehead atoms. The summed E-state index contributed by atoms with van der Waals surface area (Å²) in [5.74, 6) is -0.228. The summed E-state index contributed by atoms with van der Waals surface area (Å²) in [6, 6.07) is 9.28. The summed E-state index contributed by atoms with van der Waals surface area (Å²) < 4.78 is 5.08. The molecule has 3 nitrogen and oxygen atoms in total. The third-order valence-electron chi connectivity index (χ3n) is 1.86. The minimum absolute atomic E-state index is 0.0717. The third kappa shape index (κ3) is 4.02. The van der Waals surface area contributed by atoms with Gasteiger partial charge in [0.05, 0.1) is 6.10 Å². The van der Waals surface area contributed by atoms with Crippen LogP contribution in [0.3, 0.4) is 0 Å². The number of hydrogen-bond donors (Lipinski definition) is 1. The Morgan fingerprint density at radius 3 is 2.33 bits per heavy atom. The van der Waals surface area contributed by atoms with E-state index in [1.165, 1.54) is 0 Å². The number of hydrogen-bond acceptors (Lipinski definition) is 3. The van der Waals surface area contributed by atoms with Crippen molar-refractivity contribution in [1.29, 1.82) is 0 Å². The first-order valence-electron chi connectivity index (χ1n) is 5.11. The lowest BCUT2D eigenvalue weighted by molar-refractivity contribution is -0.147. The largest absolute Gasteiger partial charge is 0.461 e. The number of nitrogens with one attached hydrogen (secondary N) is 1. The van der Waals surface area contributed by atoms with Crippen molar-refractivity contribution in [1.82, 2.24) is 0 Å². The van der Waals surface area contributed by atoms with Gasteiger partial charge in [-0.05, 0) is 32.9 Å². The summed E-state index contributed by atoms with van der Waals surface area (Å²) in [5.41, 5.74) is 0.922. The first kappa shape index (κ1) is 11.6. The van der Waals surface area contributed by atoms with Gasteiger partial charge in [0.2, 0.25) is 0 Å². The lowest BCUT2D eigenvalue weighted by Gasteiger charge is -2.16. The van der Waals surface area contributed by atoms with Crippen molar-refractivity contribution in [2.45, 2.75) is 32.9 Å². The van der Waals surface area contributed by atoms with Crippen molar-refractivity contribution < 1.29 is 9.53 Å². The molecule has 0 aliphatic rings. The second-order valence-electron chi connectivity index (χ2n) is 3.72. The molecule has 0 heterocycles. The predicted octanol–water partition coefficient (Wildman–Crippen LogP) is 2.44. The van der Waals surface area contributed by atoms with E-state index in [0.717, 1.165) is 5.69 Å². The summed E-state index contributed by atoms with van der Waals surface area (Å²) in [6.45, 7) is 5.47. The molecule has 1 rings (SSSR count). The van der Waals surface area contributed by atoms with Gasteiger partial charge in [0.1, 0.15) is 6.04 Å². The van der Waals surface area contributed by atoms with Crippen LogP contribution in [0.1, 0.15) is 20.8 Å². The molecule has 1 aromatic carbocycles. The van der Waals surface area contributed by atoms with Gasteiger partial charge >= 0.3 is 5.97 Å². The normalized spacial score (nSPS) is 12.3. The van der Waals surface area contributed by atoms with Gasteiger partial charge in [-0.3, -0.25) is 0 Å². The molecule has 0 amide bonds. The fourth-order valence-corrected chi connectivity index (χ4v) is 1.18. The lowest BCUT2D eigenvalue weighted by atomic mass is 10.2. The van der Waals surface area contributed by atoms with Crippen LogP contribution in [0.15, 0.2) is 30.3 Å². The van der Waals surface area contributed by atoms with Crippen molar-refractivity contribution in [2.24, 2.45) is 0 Å². The minimum atomic E-state index is -0.324. The summed E-state index contributed by atoms with van der Waals surface area (Å²) in [5, 5.41) is 3.07. The molecule has 1 atom stereocenters. The minimum Gasteiger partial charge on any atom is -0.461 e. The Balaban J connectivity index is 2.49. The molecule has 0 saturated heterocycles. The van der Waals surface area contributed by atoms with E-state index < -0.39 is 0 Å². The van der Waals surface area contributed by atoms with E-state index in [1.54, 1.807) is 6.92 Å². The summed E-state index contributed by atoms with van der Waals surface area (Å²) >= 11 is 0. The zero-order valence-corrected chi connectivity index (χ0v) is 9.36. The second-order valence-corrected chi connectivity index (χ2v) is 3.72. The SMILES string of the molecule is CC(C)OC(=O)[C@H](C)Nc1ccccc1. The molecule has 0 aromatic heterocycles. The number of para-hydroxylation sites is 1. The number of anilines is 1. The van der Waals surface area contributed by atoms with Crippen molar-refractivity contribution in [3.05, 3.63) is 30.3 Å². The first-order chi connectivity index (χ1) is 7.09. The number of carbonyl (C=O) groups is 1. The fourth-order valence-electron chi connectivity index (χ4n) is 1.18. The molecule has 0 aliphatic carbocycles. The van der Waals surface area contributed by atoms with Crippen LogP contribution in [0.25, 0.3) is 0 Å². The first-order valence-corrected chi connectivity index (χ1v) is 5.11. The highest BCUT2D eigenvalue weighted by molar-refractivity contribution is 5.78. The van der Waals surface area contributed by atoms with Gasteiger partial charge in [-0.2, -0.15) is 0 Å². The molecule has 0 fully saturated rings. The molecule has 0 spiro atoms. The smallest absolute Gasteiger partial charge is 0.328 e. The Labute approximate surface area is 90.4 Å². The molecule has 1 aromatic rings. The van der Waals surface area contributed by atoms with Crippen LogP contribution in [-0.4, -0.2) is 18.1 Å². The van der Waals surface area contributed by atoms with Crippen molar-refractivity contribution in [3.63, 3.8) is 0 Å². The van der Waals surface area contributed by atoms with Gasteiger partial charge in [-0.15, -0.1) is 0 Å². The third-order valence-corrected chi connectivity index (χ3v) is 1.86. The number of benzene rings is 1. The van der Waals surface area contributed by atoms with Crippen molar-refractivity contribution >= 4 is 11.7 Å². The molecular weight excluding hydrogens is 190 g/mol. The standard InChI is InChI=1S/C12H17NO2/c1-9(2)15-12(14)10(3)13-11-7-5-4-6-8-11/h4-10,13H,1-3H3/t10-/m0/s1. The fraction of sp³-hybridized carbons (Fsp3) is 0.417.